The minimum Gasteiger partial charge on any atom is -0.435 e. The first-order valence-corrected chi connectivity index (χ1v) is 5.02. The normalized spacial score (nSPS) is 10.9. The SMILES string of the molecule is CCC(=O)c1cc2c(C)cc(C)nc2o1. The van der Waals surface area contributed by atoms with Crippen LogP contribution in [0.5, 0.6) is 0 Å². The molecule has 2 heterocycles. The Labute approximate surface area is 88.1 Å². The van der Waals surface area contributed by atoms with Crippen LogP contribution in [0.1, 0.15) is 35.2 Å². The number of hydrogen-bond donors (Lipinski definition) is 0. The van der Waals surface area contributed by atoms with Gasteiger partial charge in [-0.3, -0.25) is 4.79 Å². The third-order valence-corrected chi connectivity index (χ3v) is 2.44. The summed E-state index contributed by atoms with van der Waals surface area (Å²) in [7, 11) is 0. The zero-order valence-electron chi connectivity index (χ0n) is 9.13. The summed E-state index contributed by atoms with van der Waals surface area (Å²) in [4.78, 5) is 15.7. The predicted molar refractivity (Wildman–Crippen MR) is 58.1 cm³/mol. The summed E-state index contributed by atoms with van der Waals surface area (Å²) in [5.41, 5.74) is 2.56. The highest BCUT2D eigenvalue weighted by Gasteiger charge is 2.12. The number of hydrogen-bond acceptors (Lipinski definition) is 3. The Balaban J connectivity index is 2.65. The Morgan fingerprint density at radius 2 is 2.13 bits per heavy atom. The van der Waals surface area contributed by atoms with E-state index in [9.17, 15) is 4.79 Å². The third kappa shape index (κ3) is 1.65. The fourth-order valence-electron chi connectivity index (χ4n) is 1.64. The molecule has 3 heteroatoms. The van der Waals surface area contributed by atoms with Crippen LogP contribution in [0.3, 0.4) is 0 Å². The molecule has 2 rings (SSSR count). The smallest absolute Gasteiger partial charge is 0.227 e. The molecule has 0 radical (unpaired) electrons. The Kier molecular flexibility index (Phi) is 2.31. The van der Waals surface area contributed by atoms with Crippen molar-refractivity contribution in [1.82, 2.24) is 4.98 Å². The van der Waals surface area contributed by atoms with Gasteiger partial charge in [0.05, 0.1) is 0 Å². The van der Waals surface area contributed by atoms with Crippen molar-refractivity contribution in [3.8, 4) is 0 Å². The van der Waals surface area contributed by atoms with Crippen LogP contribution < -0.4 is 0 Å². The highest BCUT2D eigenvalue weighted by molar-refractivity contribution is 5.97. The van der Waals surface area contributed by atoms with Gasteiger partial charge in [0.15, 0.2) is 11.5 Å². The van der Waals surface area contributed by atoms with Crippen LogP contribution in [-0.4, -0.2) is 10.8 Å². The van der Waals surface area contributed by atoms with E-state index in [1.165, 1.54) is 0 Å². The molecule has 0 saturated heterocycles. The number of furan rings is 1. The van der Waals surface area contributed by atoms with Crippen molar-refractivity contribution in [3.05, 3.63) is 29.2 Å². The average molecular weight is 203 g/mol. The number of fused-ring (bicyclic) bond motifs is 1. The standard InChI is InChI=1S/C12H13NO2/c1-4-10(14)11-6-9-7(2)5-8(3)13-12(9)15-11/h5-6H,4H2,1-3H3. The maximum atomic E-state index is 11.5. The number of aryl methyl sites for hydroxylation is 2. The Morgan fingerprint density at radius 1 is 1.40 bits per heavy atom. The highest BCUT2D eigenvalue weighted by Crippen LogP contribution is 2.22. The Morgan fingerprint density at radius 3 is 2.80 bits per heavy atom. The second kappa shape index (κ2) is 3.50. The van der Waals surface area contributed by atoms with Crippen LogP contribution in [0.2, 0.25) is 0 Å². The molecule has 78 valence electrons. The number of carbonyl (C=O) groups excluding carboxylic acids is 1. The van der Waals surface area contributed by atoms with Gasteiger partial charge in [-0.25, -0.2) is 4.98 Å². The molecule has 3 nitrogen and oxygen atoms in total. The number of pyridine rings is 1. The van der Waals surface area contributed by atoms with E-state index in [1.54, 1.807) is 6.07 Å². The summed E-state index contributed by atoms with van der Waals surface area (Å²) in [6.07, 6.45) is 0.456. The number of aromatic nitrogens is 1. The van der Waals surface area contributed by atoms with Gasteiger partial charge in [-0.15, -0.1) is 0 Å². The molecule has 0 aromatic carbocycles. The molecule has 0 aliphatic rings. The van der Waals surface area contributed by atoms with Gasteiger partial charge >= 0.3 is 0 Å². The molecule has 15 heavy (non-hydrogen) atoms. The zero-order chi connectivity index (χ0) is 11.0. The Bertz CT molecular complexity index is 526. The van der Waals surface area contributed by atoms with Crippen LogP contribution in [0.25, 0.3) is 11.1 Å². The molecule has 0 bridgehead atoms. The molecule has 0 amide bonds. The zero-order valence-corrected chi connectivity index (χ0v) is 9.13. The van der Waals surface area contributed by atoms with Gasteiger partial charge in [-0.05, 0) is 31.5 Å². The molecule has 0 saturated carbocycles. The number of ketones is 1. The summed E-state index contributed by atoms with van der Waals surface area (Å²) in [6, 6.07) is 3.76. The number of carbonyl (C=O) groups is 1. The fourth-order valence-corrected chi connectivity index (χ4v) is 1.64. The Hall–Kier alpha value is -1.64. The first-order valence-electron chi connectivity index (χ1n) is 5.02. The van der Waals surface area contributed by atoms with Gasteiger partial charge in [-0.1, -0.05) is 6.92 Å². The van der Waals surface area contributed by atoms with E-state index in [1.807, 2.05) is 26.8 Å². The molecule has 0 fully saturated rings. The number of Topliss-reactive ketones (excluding diaryl/α,β-unsaturated/α-hetero) is 1. The van der Waals surface area contributed by atoms with E-state index < -0.39 is 0 Å². The molecule has 0 aliphatic heterocycles. The van der Waals surface area contributed by atoms with E-state index in [2.05, 4.69) is 4.98 Å². The lowest BCUT2D eigenvalue weighted by Crippen LogP contribution is -1.92. The lowest BCUT2D eigenvalue weighted by Gasteiger charge is -1.95. The summed E-state index contributed by atoms with van der Waals surface area (Å²) in [5.74, 6) is 0.429. The van der Waals surface area contributed by atoms with Crippen LogP contribution in [-0.2, 0) is 0 Å². The minimum atomic E-state index is 0.0186. The molecule has 0 aliphatic carbocycles. The van der Waals surface area contributed by atoms with Gasteiger partial charge < -0.3 is 4.42 Å². The largest absolute Gasteiger partial charge is 0.435 e. The van der Waals surface area contributed by atoms with Gasteiger partial charge in [0.2, 0.25) is 5.71 Å². The lowest BCUT2D eigenvalue weighted by atomic mass is 10.1. The number of rotatable bonds is 2. The molecule has 2 aromatic heterocycles. The molecule has 0 N–H and O–H groups in total. The van der Waals surface area contributed by atoms with Gasteiger partial charge in [0.1, 0.15) is 0 Å². The minimum absolute atomic E-state index is 0.0186. The van der Waals surface area contributed by atoms with Gasteiger partial charge in [0.25, 0.3) is 0 Å². The third-order valence-electron chi connectivity index (χ3n) is 2.44. The maximum Gasteiger partial charge on any atom is 0.227 e. The van der Waals surface area contributed by atoms with Gasteiger partial charge in [-0.2, -0.15) is 0 Å². The van der Waals surface area contributed by atoms with Crippen LogP contribution in [0.4, 0.5) is 0 Å². The van der Waals surface area contributed by atoms with Crippen molar-refractivity contribution in [1.29, 1.82) is 0 Å². The summed E-state index contributed by atoms with van der Waals surface area (Å²) < 4.78 is 5.42. The topological polar surface area (TPSA) is 43.1 Å². The van der Waals surface area contributed by atoms with Crippen LogP contribution >= 0.6 is 0 Å². The average Bonchev–Trinajstić information content (AvgIpc) is 2.60. The van der Waals surface area contributed by atoms with Crippen molar-refractivity contribution >= 4 is 16.9 Å². The van der Waals surface area contributed by atoms with E-state index in [-0.39, 0.29) is 5.78 Å². The van der Waals surface area contributed by atoms with E-state index in [0.29, 0.717) is 17.9 Å². The molecule has 0 spiro atoms. The molecular weight excluding hydrogens is 190 g/mol. The van der Waals surface area contributed by atoms with Gasteiger partial charge in [0, 0.05) is 17.5 Å². The summed E-state index contributed by atoms with van der Waals surface area (Å²) in [6.45, 7) is 5.73. The van der Waals surface area contributed by atoms with E-state index in [0.717, 1.165) is 16.6 Å². The molecule has 2 aromatic rings. The molecular formula is C12H13NO2. The monoisotopic (exact) mass is 203 g/mol. The van der Waals surface area contributed by atoms with Crippen LogP contribution in [0.15, 0.2) is 16.5 Å². The maximum absolute atomic E-state index is 11.5. The predicted octanol–water partition coefficient (Wildman–Crippen LogP) is 3.04. The first kappa shape index (κ1) is 9.90. The van der Waals surface area contributed by atoms with Crippen molar-refractivity contribution in [2.45, 2.75) is 27.2 Å². The van der Waals surface area contributed by atoms with E-state index >= 15 is 0 Å². The molecule has 0 atom stereocenters. The van der Waals surface area contributed by atoms with Crippen molar-refractivity contribution < 1.29 is 9.21 Å². The van der Waals surface area contributed by atoms with Crippen molar-refractivity contribution in [3.63, 3.8) is 0 Å². The fraction of sp³-hybridized carbons (Fsp3) is 0.333. The second-order valence-electron chi connectivity index (χ2n) is 3.69. The summed E-state index contributed by atoms with van der Waals surface area (Å²) >= 11 is 0. The van der Waals surface area contributed by atoms with Crippen LogP contribution in [0, 0.1) is 13.8 Å². The second-order valence-corrected chi connectivity index (χ2v) is 3.69. The van der Waals surface area contributed by atoms with E-state index in [4.69, 9.17) is 4.42 Å². The number of nitrogens with zero attached hydrogens (tertiary/aromatic N) is 1. The highest BCUT2D eigenvalue weighted by atomic mass is 16.4. The van der Waals surface area contributed by atoms with Crippen molar-refractivity contribution in [2.75, 3.05) is 0 Å². The summed E-state index contributed by atoms with van der Waals surface area (Å²) in [5, 5.41) is 0.928. The first-order chi connectivity index (χ1) is 7.11. The lowest BCUT2D eigenvalue weighted by molar-refractivity contribution is 0.0963. The molecule has 0 unspecified atom stereocenters. The quantitative estimate of drug-likeness (QED) is 0.704. The van der Waals surface area contributed by atoms with Crippen molar-refractivity contribution in [2.24, 2.45) is 0 Å².